The standard InChI is InChI=1S/C16H18N4O2/c21-15(20-10-16(22)5-6-17-9-16)13-3-1-12(2-4-13)14-7-18-11-19-8-14/h1-4,7-8,11,17,22H,5-6,9-10H2,(H,20,21)/t16-/m0/s1. The Hall–Kier alpha value is -2.31. The second kappa shape index (κ2) is 6.21. The fourth-order valence-electron chi connectivity index (χ4n) is 2.49. The van der Waals surface area contributed by atoms with Crippen LogP contribution in [0, 0.1) is 0 Å². The van der Waals surface area contributed by atoms with Gasteiger partial charge in [0.15, 0.2) is 0 Å². The highest BCUT2D eigenvalue weighted by molar-refractivity contribution is 5.94. The Kier molecular flexibility index (Phi) is 4.13. The molecular formula is C16H18N4O2. The lowest BCUT2D eigenvalue weighted by Crippen LogP contribution is -2.44. The molecule has 0 spiro atoms. The molecule has 1 aliphatic heterocycles. The molecule has 0 aliphatic carbocycles. The Morgan fingerprint density at radius 3 is 2.59 bits per heavy atom. The summed E-state index contributed by atoms with van der Waals surface area (Å²) in [7, 11) is 0. The van der Waals surface area contributed by atoms with Gasteiger partial charge in [0.25, 0.3) is 5.91 Å². The van der Waals surface area contributed by atoms with E-state index in [0.29, 0.717) is 18.5 Å². The van der Waals surface area contributed by atoms with Gasteiger partial charge in [0, 0.05) is 36.6 Å². The lowest BCUT2D eigenvalue weighted by atomic mass is 10.0. The van der Waals surface area contributed by atoms with Crippen LogP contribution < -0.4 is 10.6 Å². The van der Waals surface area contributed by atoms with Gasteiger partial charge in [-0.15, -0.1) is 0 Å². The van der Waals surface area contributed by atoms with Gasteiger partial charge in [0.1, 0.15) is 6.33 Å². The highest BCUT2D eigenvalue weighted by atomic mass is 16.3. The summed E-state index contributed by atoms with van der Waals surface area (Å²) in [5.41, 5.74) is 1.59. The predicted molar refractivity (Wildman–Crippen MR) is 82.2 cm³/mol. The fraction of sp³-hybridized carbons (Fsp3) is 0.312. The van der Waals surface area contributed by atoms with Crippen molar-refractivity contribution in [1.82, 2.24) is 20.6 Å². The van der Waals surface area contributed by atoms with Crippen LogP contribution in [-0.4, -0.2) is 46.2 Å². The number of benzene rings is 1. The van der Waals surface area contributed by atoms with E-state index in [1.165, 1.54) is 6.33 Å². The molecule has 0 saturated carbocycles. The maximum atomic E-state index is 12.1. The minimum Gasteiger partial charge on any atom is -0.387 e. The summed E-state index contributed by atoms with van der Waals surface area (Å²) in [5.74, 6) is -0.184. The number of nitrogens with zero attached hydrogens (tertiary/aromatic N) is 2. The summed E-state index contributed by atoms with van der Waals surface area (Å²) < 4.78 is 0. The number of rotatable bonds is 4. The van der Waals surface area contributed by atoms with Crippen LogP contribution in [-0.2, 0) is 0 Å². The van der Waals surface area contributed by atoms with E-state index in [-0.39, 0.29) is 12.5 Å². The second-order valence-electron chi connectivity index (χ2n) is 5.54. The van der Waals surface area contributed by atoms with Crippen molar-refractivity contribution >= 4 is 5.91 Å². The van der Waals surface area contributed by atoms with E-state index in [9.17, 15) is 9.90 Å². The molecule has 114 valence electrons. The number of nitrogens with one attached hydrogen (secondary N) is 2. The molecule has 1 fully saturated rings. The topological polar surface area (TPSA) is 87.1 Å². The van der Waals surface area contributed by atoms with E-state index in [1.807, 2.05) is 12.1 Å². The van der Waals surface area contributed by atoms with Gasteiger partial charge in [-0.1, -0.05) is 12.1 Å². The third-order valence-electron chi connectivity index (χ3n) is 3.84. The molecule has 2 heterocycles. The number of hydrogen-bond acceptors (Lipinski definition) is 5. The van der Waals surface area contributed by atoms with Crippen molar-refractivity contribution in [3.63, 3.8) is 0 Å². The first-order valence-corrected chi connectivity index (χ1v) is 7.23. The third-order valence-corrected chi connectivity index (χ3v) is 3.84. The Bertz CT molecular complexity index is 637. The third kappa shape index (κ3) is 3.29. The molecule has 0 radical (unpaired) electrons. The highest BCUT2D eigenvalue weighted by Gasteiger charge is 2.31. The molecule has 6 nitrogen and oxygen atoms in total. The molecule has 1 aliphatic rings. The molecule has 1 aromatic carbocycles. The molecule has 3 N–H and O–H groups in total. The number of aromatic nitrogens is 2. The van der Waals surface area contributed by atoms with Crippen molar-refractivity contribution in [2.24, 2.45) is 0 Å². The summed E-state index contributed by atoms with van der Waals surface area (Å²) in [4.78, 5) is 20.1. The molecule has 1 aromatic heterocycles. The maximum Gasteiger partial charge on any atom is 0.251 e. The molecule has 6 heteroatoms. The van der Waals surface area contributed by atoms with E-state index in [2.05, 4.69) is 20.6 Å². The van der Waals surface area contributed by atoms with Crippen molar-refractivity contribution in [2.45, 2.75) is 12.0 Å². The lowest BCUT2D eigenvalue weighted by molar-refractivity contribution is 0.0562. The second-order valence-corrected chi connectivity index (χ2v) is 5.54. The van der Waals surface area contributed by atoms with E-state index < -0.39 is 5.60 Å². The van der Waals surface area contributed by atoms with E-state index in [4.69, 9.17) is 0 Å². The molecule has 22 heavy (non-hydrogen) atoms. The Morgan fingerprint density at radius 1 is 1.23 bits per heavy atom. The van der Waals surface area contributed by atoms with Gasteiger partial charge in [-0.3, -0.25) is 4.79 Å². The van der Waals surface area contributed by atoms with E-state index in [1.54, 1.807) is 24.5 Å². The summed E-state index contributed by atoms with van der Waals surface area (Å²) in [5, 5.41) is 16.1. The van der Waals surface area contributed by atoms with Crippen molar-refractivity contribution in [2.75, 3.05) is 19.6 Å². The van der Waals surface area contributed by atoms with E-state index >= 15 is 0 Å². The van der Waals surface area contributed by atoms with Gasteiger partial charge in [-0.05, 0) is 30.7 Å². The number of amides is 1. The van der Waals surface area contributed by atoms with Gasteiger partial charge < -0.3 is 15.7 Å². The average Bonchev–Trinajstić information content (AvgIpc) is 3.01. The number of hydrogen-bond donors (Lipinski definition) is 3. The van der Waals surface area contributed by atoms with Crippen LogP contribution in [0.25, 0.3) is 11.1 Å². The predicted octanol–water partition coefficient (Wildman–Crippen LogP) is 0.598. The number of aliphatic hydroxyl groups is 1. The monoisotopic (exact) mass is 298 g/mol. The number of carbonyl (C=O) groups excluding carboxylic acids is 1. The molecule has 0 bridgehead atoms. The van der Waals surface area contributed by atoms with Gasteiger partial charge in [-0.25, -0.2) is 9.97 Å². The van der Waals surface area contributed by atoms with Gasteiger partial charge >= 0.3 is 0 Å². The van der Waals surface area contributed by atoms with Crippen molar-refractivity contribution in [1.29, 1.82) is 0 Å². The van der Waals surface area contributed by atoms with Crippen LogP contribution in [0.5, 0.6) is 0 Å². The van der Waals surface area contributed by atoms with Gasteiger partial charge in [0.05, 0.1) is 5.60 Å². The molecule has 3 rings (SSSR count). The summed E-state index contributed by atoms with van der Waals surface area (Å²) in [6, 6.07) is 7.24. The normalized spacial score (nSPS) is 20.8. The minimum absolute atomic E-state index is 0.184. The van der Waals surface area contributed by atoms with Gasteiger partial charge in [-0.2, -0.15) is 0 Å². The smallest absolute Gasteiger partial charge is 0.251 e. The fourth-order valence-corrected chi connectivity index (χ4v) is 2.49. The lowest BCUT2D eigenvalue weighted by Gasteiger charge is -2.21. The first-order valence-electron chi connectivity index (χ1n) is 7.23. The summed E-state index contributed by atoms with van der Waals surface area (Å²) in [6.07, 6.45) is 5.59. The van der Waals surface area contributed by atoms with Crippen molar-refractivity contribution in [3.8, 4) is 11.1 Å². The Balaban J connectivity index is 1.64. The number of β-amino-alcohol motifs (C(OH)–C–C–N with tert-alkyl or cyclic N) is 1. The Morgan fingerprint density at radius 2 is 1.95 bits per heavy atom. The molecule has 0 unspecified atom stereocenters. The molecular weight excluding hydrogens is 280 g/mol. The highest BCUT2D eigenvalue weighted by Crippen LogP contribution is 2.18. The van der Waals surface area contributed by atoms with Crippen LogP contribution >= 0.6 is 0 Å². The first-order chi connectivity index (χ1) is 10.7. The first kappa shape index (κ1) is 14.6. The van der Waals surface area contributed by atoms with Crippen LogP contribution in [0.1, 0.15) is 16.8 Å². The zero-order valence-electron chi connectivity index (χ0n) is 12.1. The molecule has 1 saturated heterocycles. The van der Waals surface area contributed by atoms with E-state index in [0.717, 1.165) is 17.7 Å². The molecule has 2 aromatic rings. The molecule has 1 atom stereocenters. The zero-order valence-corrected chi connectivity index (χ0v) is 12.1. The van der Waals surface area contributed by atoms with Crippen LogP contribution in [0.15, 0.2) is 43.0 Å². The quantitative estimate of drug-likeness (QED) is 0.769. The molecule has 1 amide bonds. The minimum atomic E-state index is -0.836. The van der Waals surface area contributed by atoms with Crippen LogP contribution in [0.3, 0.4) is 0 Å². The Labute approximate surface area is 128 Å². The maximum absolute atomic E-state index is 12.1. The van der Waals surface area contributed by atoms with Crippen LogP contribution in [0.2, 0.25) is 0 Å². The summed E-state index contributed by atoms with van der Waals surface area (Å²) in [6.45, 7) is 1.55. The number of carbonyl (C=O) groups is 1. The van der Waals surface area contributed by atoms with Crippen LogP contribution in [0.4, 0.5) is 0 Å². The van der Waals surface area contributed by atoms with Crippen molar-refractivity contribution < 1.29 is 9.90 Å². The summed E-state index contributed by atoms with van der Waals surface area (Å²) >= 11 is 0. The largest absolute Gasteiger partial charge is 0.387 e. The average molecular weight is 298 g/mol. The van der Waals surface area contributed by atoms with Crippen molar-refractivity contribution in [3.05, 3.63) is 48.5 Å². The van der Waals surface area contributed by atoms with Gasteiger partial charge in [0.2, 0.25) is 0 Å². The zero-order chi connectivity index (χ0) is 15.4. The SMILES string of the molecule is O=C(NC[C@]1(O)CCNC1)c1ccc(-c2cncnc2)cc1.